The van der Waals surface area contributed by atoms with Gasteiger partial charge in [0.05, 0.1) is 5.75 Å². The summed E-state index contributed by atoms with van der Waals surface area (Å²) in [4.78, 5) is 26.5. The zero-order valence-corrected chi connectivity index (χ0v) is 17.1. The topological polar surface area (TPSA) is 49.4 Å². The summed E-state index contributed by atoms with van der Waals surface area (Å²) in [6, 6.07) is 23.4. The monoisotopic (exact) mass is 420 g/mol. The van der Waals surface area contributed by atoms with Crippen LogP contribution in [0.1, 0.15) is 22.9 Å². The summed E-state index contributed by atoms with van der Waals surface area (Å²) in [6.45, 7) is 0. The molecule has 4 rings (SSSR count). The van der Waals surface area contributed by atoms with Crippen molar-refractivity contribution < 1.29 is 14.0 Å². The molecule has 1 aliphatic rings. The molecule has 1 atom stereocenters. The van der Waals surface area contributed by atoms with Crippen molar-refractivity contribution in [1.82, 2.24) is 0 Å². The van der Waals surface area contributed by atoms with Crippen LogP contribution < -0.4 is 10.2 Å². The Kier molecular flexibility index (Phi) is 6.14. The van der Waals surface area contributed by atoms with Crippen LogP contribution in [0.3, 0.4) is 0 Å². The van der Waals surface area contributed by atoms with Gasteiger partial charge in [0.1, 0.15) is 11.2 Å². The molecular formula is C24H21FN2O2S. The first-order valence-corrected chi connectivity index (χ1v) is 10.8. The van der Waals surface area contributed by atoms with Crippen molar-refractivity contribution >= 4 is 35.0 Å². The maximum atomic E-state index is 13.7. The van der Waals surface area contributed by atoms with Gasteiger partial charge >= 0.3 is 0 Å². The number of carbonyl (C=O) groups is 2. The largest absolute Gasteiger partial charge is 0.326 e. The van der Waals surface area contributed by atoms with E-state index < -0.39 is 0 Å². The second-order valence-electron chi connectivity index (χ2n) is 7.07. The van der Waals surface area contributed by atoms with Crippen LogP contribution >= 0.6 is 11.8 Å². The van der Waals surface area contributed by atoms with Gasteiger partial charge in [-0.3, -0.25) is 14.5 Å². The highest BCUT2D eigenvalue weighted by molar-refractivity contribution is 8.00. The van der Waals surface area contributed by atoms with Crippen LogP contribution in [-0.2, 0) is 16.0 Å². The van der Waals surface area contributed by atoms with E-state index >= 15 is 0 Å². The molecule has 3 aromatic rings. The maximum Gasteiger partial charge on any atom is 0.238 e. The maximum absolute atomic E-state index is 13.7. The molecule has 0 aromatic heterocycles. The average molecular weight is 421 g/mol. The zero-order valence-electron chi connectivity index (χ0n) is 16.3. The molecule has 0 aliphatic carbocycles. The number of hydrogen-bond donors (Lipinski definition) is 1. The van der Waals surface area contributed by atoms with E-state index in [1.54, 1.807) is 17.0 Å². The van der Waals surface area contributed by atoms with Gasteiger partial charge in [0, 0.05) is 17.8 Å². The standard InChI is InChI=1S/C24H21FN2O2S/c25-19-9-5-11-21(15-19)27-23(29)16-30-24(27)18-8-4-10-20(14-18)26-22(28)13-12-17-6-2-1-3-7-17/h1-11,14-15,24H,12-13,16H2,(H,26,28). The number of hydrogen-bond acceptors (Lipinski definition) is 3. The van der Waals surface area contributed by atoms with E-state index in [9.17, 15) is 14.0 Å². The molecule has 1 heterocycles. The third-order valence-electron chi connectivity index (χ3n) is 4.89. The van der Waals surface area contributed by atoms with Gasteiger partial charge in [0.2, 0.25) is 11.8 Å². The number of nitrogens with one attached hydrogen (secondary N) is 1. The lowest BCUT2D eigenvalue weighted by Gasteiger charge is -2.24. The Morgan fingerprint density at radius 1 is 1.03 bits per heavy atom. The van der Waals surface area contributed by atoms with E-state index in [-0.39, 0.29) is 23.0 Å². The van der Waals surface area contributed by atoms with Crippen LogP contribution in [0.25, 0.3) is 0 Å². The van der Waals surface area contributed by atoms with E-state index in [2.05, 4.69) is 5.32 Å². The van der Waals surface area contributed by atoms with E-state index in [1.807, 2.05) is 54.6 Å². The third kappa shape index (κ3) is 4.71. The molecule has 0 radical (unpaired) electrons. The fourth-order valence-electron chi connectivity index (χ4n) is 3.47. The second kappa shape index (κ2) is 9.13. The van der Waals surface area contributed by atoms with Gasteiger partial charge < -0.3 is 5.32 Å². The van der Waals surface area contributed by atoms with E-state index in [0.717, 1.165) is 11.1 Å². The highest BCUT2D eigenvalue weighted by atomic mass is 32.2. The van der Waals surface area contributed by atoms with Crippen molar-refractivity contribution in [1.29, 1.82) is 0 Å². The summed E-state index contributed by atoms with van der Waals surface area (Å²) in [6.07, 6.45) is 1.06. The van der Waals surface area contributed by atoms with E-state index in [4.69, 9.17) is 0 Å². The molecule has 4 nitrogen and oxygen atoms in total. The van der Waals surface area contributed by atoms with Gasteiger partial charge in [-0.2, -0.15) is 0 Å². The molecule has 0 saturated carbocycles. The lowest BCUT2D eigenvalue weighted by atomic mass is 10.1. The number of halogens is 1. The molecule has 1 fully saturated rings. The minimum absolute atomic E-state index is 0.0619. The van der Waals surface area contributed by atoms with E-state index in [0.29, 0.717) is 30.0 Å². The van der Waals surface area contributed by atoms with Crippen molar-refractivity contribution in [3.8, 4) is 0 Å². The Hall–Kier alpha value is -3.12. The van der Waals surface area contributed by atoms with Crippen molar-refractivity contribution in [2.24, 2.45) is 0 Å². The molecule has 2 amide bonds. The van der Waals surface area contributed by atoms with E-state index in [1.165, 1.54) is 23.9 Å². The third-order valence-corrected chi connectivity index (χ3v) is 6.11. The fourth-order valence-corrected chi connectivity index (χ4v) is 4.64. The Balaban J connectivity index is 1.47. The van der Waals surface area contributed by atoms with Gasteiger partial charge in [0.25, 0.3) is 0 Å². The SMILES string of the molecule is O=C(CCc1ccccc1)Nc1cccc(C2SCC(=O)N2c2cccc(F)c2)c1. The first-order chi connectivity index (χ1) is 14.6. The molecule has 0 spiro atoms. The summed E-state index contributed by atoms with van der Waals surface area (Å²) in [5.74, 6) is -0.175. The normalized spacial score (nSPS) is 16.0. The lowest BCUT2D eigenvalue weighted by molar-refractivity contribution is -0.116. The van der Waals surface area contributed by atoms with Crippen LogP contribution in [0, 0.1) is 5.82 Å². The predicted molar refractivity (Wildman–Crippen MR) is 119 cm³/mol. The second-order valence-corrected chi connectivity index (χ2v) is 8.13. The minimum Gasteiger partial charge on any atom is -0.326 e. The first kappa shape index (κ1) is 20.2. The number of anilines is 2. The van der Waals surface area contributed by atoms with Gasteiger partial charge in [-0.05, 0) is 47.9 Å². The molecule has 3 aromatic carbocycles. The summed E-state index contributed by atoms with van der Waals surface area (Å²) in [5, 5.41) is 2.68. The molecule has 0 bridgehead atoms. The number of thioether (sulfide) groups is 1. The molecule has 152 valence electrons. The first-order valence-electron chi connectivity index (χ1n) is 9.73. The van der Waals surface area contributed by atoms with Gasteiger partial charge in [-0.1, -0.05) is 48.5 Å². The molecule has 1 N–H and O–H groups in total. The fraction of sp³-hybridized carbons (Fsp3) is 0.167. The molecule has 6 heteroatoms. The Bertz CT molecular complexity index is 1060. The van der Waals surface area contributed by atoms with Crippen LogP contribution in [-0.4, -0.2) is 17.6 Å². The van der Waals surface area contributed by atoms with Crippen LogP contribution in [0.15, 0.2) is 78.9 Å². The molecule has 1 aliphatic heterocycles. The summed E-state index contributed by atoms with van der Waals surface area (Å²) < 4.78 is 13.7. The number of amides is 2. The molecule has 1 unspecified atom stereocenters. The number of aryl methyl sites for hydroxylation is 1. The number of benzene rings is 3. The number of nitrogens with zero attached hydrogens (tertiary/aromatic N) is 1. The molecule has 1 saturated heterocycles. The van der Waals surface area contributed by atoms with Crippen molar-refractivity contribution in [3.05, 3.63) is 95.8 Å². The van der Waals surface area contributed by atoms with Crippen molar-refractivity contribution in [3.63, 3.8) is 0 Å². The summed E-state index contributed by atoms with van der Waals surface area (Å²) in [5.41, 5.74) is 3.22. The zero-order chi connectivity index (χ0) is 20.9. The van der Waals surface area contributed by atoms with Gasteiger partial charge in [-0.25, -0.2) is 4.39 Å². The van der Waals surface area contributed by atoms with Crippen molar-refractivity contribution in [2.45, 2.75) is 18.2 Å². The Labute approximate surface area is 179 Å². The number of carbonyl (C=O) groups excluding carboxylic acids is 2. The van der Waals surface area contributed by atoms with Crippen molar-refractivity contribution in [2.75, 3.05) is 16.0 Å². The predicted octanol–water partition coefficient (Wildman–Crippen LogP) is 5.18. The average Bonchev–Trinajstić information content (AvgIpc) is 3.15. The van der Waals surface area contributed by atoms with Gasteiger partial charge in [0.15, 0.2) is 0 Å². The van der Waals surface area contributed by atoms with Crippen LogP contribution in [0.2, 0.25) is 0 Å². The highest BCUT2D eigenvalue weighted by Crippen LogP contribution is 2.42. The molecule has 30 heavy (non-hydrogen) atoms. The Morgan fingerprint density at radius 2 is 1.83 bits per heavy atom. The summed E-state index contributed by atoms with van der Waals surface area (Å²) >= 11 is 1.49. The lowest BCUT2D eigenvalue weighted by Crippen LogP contribution is -2.27. The quantitative estimate of drug-likeness (QED) is 0.598. The molecular weight excluding hydrogens is 399 g/mol. The number of rotatable bonds is 6. The highest BCUT2D eigenvalue weighted by Gasteiger charge is 2.34. The summed E-state index contributed by atoms with van der Waals surface area (Å²) in [7, 11) is 0. The van der Waals surface area contributed by atoms with Crippen LogP contribution in [0.4, 0.5) is 15.8 Å². The Morgan fingerprint density at radius 3 is 2.63 bits per heavy atom. The smallest absolute Gasteiger partial charge is 0.238 e. The van der Waals surface area contributed by atoms with Gasteiger partial charge in [-0.15, -0.1) is 11.8 Å². The van der Waals surface area contributed by atoms with Crippen LogP contribution in [0.5, 0.6) is 0 Å². The minimum atomic E-state index is -0.379.